The number of anilines is 1. The second-order valence-electron chi connectivity index (χ2n) is 6.87. The monoisotopic (exact) mass is 364 g/mol. The van der Waals surface area contributed by atoms with Gasteiger partial charge in [-0.1, -0.05) is 19.4 Å². The van der Waals surface area contributed by atoms with Crippen LogP contribution in [0.4, 0.5) is 5.95 Å². The van der Waals surface area contributed by atoms with Crippen LogP contribution in [0.15, 0.2) is 36.8 Å². The van der Waals surface area contributed by atoms with E-state index in [0.29, 0.717) is 18.8 Å². The smallest absolute Gasteiger partial charge is 0.272 e. The molecule has 3 aromatic rings. The van der Waals surface area contributed by atoms with Gasteiger partial charge in [0.1, 0.15) is 11.3 Å². The summed E-state index contributed by atoms with van der Waals surface area (Å²) in [5.41, 5.74) is 3.56. The van der Waals surface area contributed by atoms with Crippen molar-refractivity contribution in [1.29, 1.82) is 0 Å². The van der Waals surface area contributed by atoms with Gasteiger partial charge in [-0.3, -0.25) is 9.20 Å². The van der Waals surface area contributed by atoms with Crippen LogP contribution in [0, 0.1) is 6.92 Å². The molecule has 140 valence electrons. The lowest BCUT2D eigenvalue weighted by atomic mass is 10.2. The predicted molar refractivity (Wildman–Crippen MR) is 104 cm³/mol. The van der Waals surface area contributed by atoms with Crippen molar-refractivity contribution in [3.63, 3.8) is 0 Å². The molecule has 0 aliphatic carbocycles. The standard InChI is InChI=1S/C20H24N6O/c1-3-6-16-17(26-10-4-7-15(2)18(26)23-16)19(27)24-11-13-25(14-12-24)20-21-8-5-9-22-20/h4-5,7-10H,3,6,11-14H2,1-2H3. The fourth-order valence-electron chi connectivity index (χ4n) is 3.60. The van der Waals surface area contributed by atoms with E-state index in [-0.39, 0.29) is 5.91 Å². The number of hydrogen-bond acceptors (Lipinski definition) is 5. The third-order valence-corrected chi connectivity index (χ3v) is 5.01. The van der Waals surface area contributed by atoms with Gasteiger partial charge in [-0.05, 0) is 31.0 Å². The Balaban J connectivity index is 1.58. The molecule has 0 aromatic carbocycles. The number of pyridine rings is 1. The average Bonchev–Trinajstić information content (AvgIpc) is 3.08. The normalized spacial score (nSPS) is 14.7. The zero-order chi connectivity index (χ0) is 18.8. The quantitative estimate of drug-likeness (QED) is 0.711. The molecule has 0 spiro atoms. The number of amides is 1. The van der Waals surface area contributed by atoms with Crippen LogP contribution in [0.1, 0.15) is 35.1 Å². The molecule has 4 heterocycles. The van der Waals surface area contributed by atoms with Crippen LogP contribution < -0.4 is 4.90 Å². The molecule has 0 radical (unpaired) electrons. The number of nitrogens with zero attached hydrogens (tertiary/aromatic N) is 6. The van der Waals surface area contributed by atoms with Gasteiger partial charge in [0.25, 0.3) is 5.91 Å². The van der Waals surface area contributed by atoms with Crippen molar-refractivity contribution in [2.45, 2.75) is 26.7 Å². The first-order chi connectivity index (χ1) is 13.2. The minimum Gasteiger partial charge on any atom is -0.337 e. The molecule has 0 atom stereocenters. The Morgan fingerprint density at radius 1 is 1.11 bits per heavy atom. The van der Waals surface area contributed by atoms with E-state index in [9.17, 15) is 4.79 Å². The minimum atomic E-state index is 0.0604. The van der Waals surface area contributed by atoms with Gasteiger partial charge in [0.2, 0.25) is 5.95 Å². The first-order valence-corrected chi connectivity index (χ1v) is 9.47. The largest absolute Gasteiger partial charge is 0.337 e. The third-order valence-electron chi connectivity index (χ3n) is 5.01. The summed E-state index contributed by atoms with van der Waals surface area (Å²) in [5, 5.41) is 0. The number of aromatic nitrogens is 4. The van der Waals surface area contributed by atoms with Crippen LogP contribution in [0.5, 0.6) is 0 Å². The summed E-state index contributed by atoms with van der Waals surface area (Å²) in [4.78, 5) is 30.8. The van der Waals surface area contributed by atoms with Crippen molar-refractivity contribution < 1.29 is 4.79 Å². The van der Waals surface area contributed by atoms with E-state index in [1.54, 1.807) is 12.4 Å². The van der Waals surface area contributed by atoms with Gasteiger partial charge in [-0.15, -0.1) is 0 Å². The lowest BCUT2D eigenvalue weighted by Gasteiger charge is -2.34. The zero-order valence-electron chi connectivity index (χ0n) is 15.8. The van der Waals surface area contributed by atoms with Crippen molar-refractivity contribution in [2.75, 3.05) is 31.1 Å². The summed E-state index contributed by atoms with van der Waals surface area (Å²) in [7, 11) is 0. The van der Waals surface area contributed by atoms with Crippen molar-refractivity contribution in [1.82, 2.24) is 24.3 Å². The van der Waals surface area contributed by atoms with Crippen molar-refractivity contribution >= 4 is 17.5 Å². The highest BCUT2D eigenvalue weighted by Crippen LogP contribution is 2.20. The van der Waals surface area contributed by atoms with Crippen molar-refractivity contribution in [3.8, 4) is 0 Å². The zero-order valence-corrected chi connectivity index (χ0v) is 15.8. The SMILES string of the molecule is CCCc1nc2c(C)cccn2c1C(=O)N1CCN(c2ncccn2)CC1. The van der Waals surface area contributed by atoms with Crippen LogP contribution in [0.3, 0.4) is 0 Å². The Hall–Kier alpha value is -2.96. The first-order valence-electron chi connectivity index (χ1n) is 9.47. The Kier molecular flexibility index (Phi) is 4.75. The van der Waals surface area contributed by atoms with Crippen LogP contribution in [-0.4, -0.2) is 56.3 Å². The molecule has 1 amide bonds. The number of carbonyl (C=O) groups is 1. The fourth-order valence-corrected chi connectivity index (χ4v) is 3.60. The van der Waals surface area contributed by atoms with Crippen LogP contribution in [0.25, 0.3) is 5.65 Å². The number of rotatable bonds is 4. The van der Waals surface area contributed by atoms with Crippen molar-refractivity contribution in [2.24, 2.45) is 0 Å². The van der Waals surface area contributed by atoms with E-state index in [0.717, 1.165) is 48.8 Å². The predicted octanol–water partition coefficient (Wildman–Crippen LogP) is 2.35. The minimum absolute atomic E-state index is 0.0604. The summed E-state index contributed by atoms with van der Waals surface area (Å²) in [6, 6.07) is 5.82. The molecule has 7 heteroatoms. The summed E-state index contributed by atoms with van der Waals surface area (Å²) < 4.78 is 1.95. The Morgan fingerprint density at radius 2 is 1.85 bits per heavy atom. The van der Waals surface area contributed by atoms with E-state index < -0.39 is 0 Å². The number of fused-ring (bicyclic) bond motifs is 1. The molecule has 3 aromatic heterocycles. The van der Waals surface area contributed by atoms with E-state index in [4.69, 9.17) is 4.98 Å². The summed E-state index contributed by atoms with van der Waals surface area (Å²) >= 11 is 0. The highest BCUT2D eigenvalue weighted by Gasteiger charge is 2.28. The van der Waals surface area contributed by atoms with Crippen LogP contribution >= 0.6 is 0 Å². The van der Waals surface area contributed by atoms with Gasteiger partial charge < -0.3 is 9.80 Å². The first kappa shape index (κ1) is 17.5. The number of aryl methyl sites for hydroxylation is 2. The molecule has 7 nitrogen and oxygen atoms in total. The van der Waals surface area contributed by atoms with Gasteiger partial charge in [-0.25, -0.2) is 15.0 Å². The van der Waals surface area contributed by atoms with Crippen molar-refractivity contribution in [3.05, 3.63) is 53.7 Å². The van der Waals surface area contributed by atoms with E-state index in [1.165, 1.54) is 0 Å². The topological polar surface area (TPSA) is 66.6 Å². The molecule has 1 fully saturated rings. The van der Waals surface area contributed by atoms with Gasteiger partial charge in [0.15, 0.2) is 0 Å². The summed E-state index contributed by atoms with van der Waals surface area (Å²) in [6.07, 6.45) is 7.20. The second-order valence-corrected chi connectivity index (χ2v) is 6.87. The van der Waals surface area contributed by atoms with Crippen LogP contribution in [0.2, 0.25) is 0 Å². The lowest BCUT2D eigenvalue weighted by molar-refractivity contribution is 0.0738. The van der Waals surface area contributed by atoms with E-state index in [2.05, 4.69) is 21.8 Å². The number of imidazole rings is 1. The Bertz CT molecular complexity index is 944. The van der Waals surface area contributed by atoms with Gasteiger partial charge in [0.05, 0.1) is 5.69 Å². The number of carbonyl (C=O) groups excluding carboxylic acids is 1. The molecule has 1 aliphatic rings. The summed E-state index contributed by atoms with van der Waals surface area (Å²) in [6.45, 7) is 6.92. The molecule has 27 heavy (non-hydrogen) atoms. The molecule has 0 bridgehead atoms. The van der Waals surface area contributed by atoms with E-state index >= 15 is 0 Å². The average molecular weight is 364 g/mol. The molecule has 1 saturated heterocycles. The lowest BCUT2D eigenvalue weighted by Crippen LogP contribution is -2.49. The highest BCUT2D eigenvalue weighted by molar-refractivity contribution is 5.95. The van der Waals surface area contributed by atoms with Gasteiger partial charge in [0, 0.05) is 44.8 Å². The van der Waals surface area contributed by atoms with E-state index in [1.807, 2.05) is 40.6 Å². The third kappa shape index (κ3) is 3.25. The maximum absolute atomic E-state index is 13.3. The molecular formula is C20H24N6O. The Morgan fingerprint density at radius 3 is 2.56 bits per heavy atom. The molecular weight excluding hydrogens is 340 g/mol. The second kappa shape index (κ2) is 7.34. The summed E-state index contributed by atoms with van der Waals surface area (Å²) in [5.74, 6) is 0.784. The highest BCUT2D eigenvalue weighted by atomic mass is 16.2. The van der Waals surface area contributed by atoms with Gasteiger partial charge in [-0.2, -0.15) is 0 Å². The molecule has 1 aliphatic heterocycles. The molecule has 4 rings (SSSR count). The molecule has 0 saturated carbocycles. The van der Waals surface area contributed by atoms with Gasteiger partial charge >= 0.3 is 0 Å². The Labute approximate surface area is 158 Å². The maximum atomic E-state index is 13.3. The fraction of sp³-hybridized carbons (Fsp3) is 0.400. The maximum Gasteiger partial charge on any atom is 0.272 e. The van der Waals surface area contributed by atoms with Crippen LogP contribution in [-0.2, 0) is 6.42 Å². The molecule has 0 N–H and O–H groups in total. The number of piperazine rings is 1. The molecule has 0 unspecified atom stereocenters. The number of hydrogen-bond donors (Lipinski definition) is 0.